The largest absolute Gasteiger partial charge is 0.507 e. The maximum Gasteiger partial charge on any atom is 0.295 e. The second-order valence-electron chi connectivity index (χ2n) is 6.81. The van der Waals surface area contributed by atoms with Gasteiger partial charge in [0.25, 0.3) is 11.7 Å². The van der Waals surface area contributed by atoms with Gasteiger partial charge in [0.1, 0.15) is 11.5 Å². The summed E-state index contributed by atoms with van der Waals surface area (Å²) in [6, 6.07) is 7.98. The number of aliphatic hydroxyl groups is 1. The average Bonchev–Trinajstić information content (AvgIpc) is 2.99. The summed E-state index contributed by atoms with van der Waals surface area (Å²) < 4.78 is 10.3. The Morgan fingerprint density at radius 1 is 1.24 bits per heavy atom. The van der Waals surface area contributed by atoms with Crippen LogP contribution in [0.1, 0.15) is 29.2 Å². The lowest BCUT2D eigenvalue weighted by Gasteiger charge is -2.25. The van der Waals surface area contributed by atoms with Crippen LogP contribution in [0.5, 0.6) is 5.75 Å². The number of ether oxygens (including phenoxy) is 2. The minimum atomic E-state index is -0.706. The first-order chi connectivity index (χ1) is 14.0. The summed E-state index contributed by atoms with van der Waals surface area (Å²) in [7, 11) is 3.14. The summed E-state index contributed by atoms with van der Waals surface area (Å²) in [6.07, 6.45) is 3.80. The van der Waals surface area contributed by atoms with Crippen LogP contribution in [0.4, 0.5) is 0 Å². The maximum absolute atomic E-state index is 12.9. The number of benzene rings is 1. The molecule has 0 unspecified atom stereocenters. The van der Waals surface area contributed by atoms with Crippen molar-refractivity contribution >= 4 is 17.4 Å². The van der Waals surface area contributed by atoms with Crippen LogP contribution in [0.15, 0.2) is 48.3 Å². The molecule has 152 valence electrons. The highest BCUT2D eigenvalue weighted by atomic mass is 16.5. The zero-order valence-corrected chi connectivity index (χ0v) is 16.7. The van der Waals surface area contributed by atoms with Gasteiger partial charge in [-0.25, -0.2) is 0 Å². The Morgan fingerprint density at radius 3 is 2.66 bits per heavy atom. The van der Waals surface area contributed by atoms with E-state index in [1.807, 2.05) is 6.92 Å². The van der Waals surface area contributed by atoms with E-state index >= 15 is 0 Å². The van der Waals surface area contributed by atoms with E-state index in [0.717, 1.165) is 5.56 Å². The number of hydrogen-bond acceptors (Lipinski definition) is 6. The van der Waals surface area contributed by atoms with Crippen molar-refractivity contribution in [2.24, 2.45) is 0 Å². The fourth-order valence-electron chi connectivity index (χ4n) is 3.55. The van der Waals surface area contributed by atoms with E-state index in [4.69, 9.17) is 9.47 Å². The lowest BCUT2D eigenvalue weighted by atomic mass is 9.94. The highest BCUT2D eigenvalue weighted by molar-refractivity contribution is 6.46. The van der Waals surface area contributed by atoms with E-state index in [1.54, 1.807) is 56.9 Å². The third-order valence-corrected chi connectivity index (χ3v) is 4.98. The second kappa shape index (κ2) is 8.87. The van der Waals surface area contributed by atoms with E-state index in [1.165, 1.54) is 4.90 Å². The van der Waals surface area contributed by atoms with Crippen molar-refractivity contribution in [1.29, 1.82) is 0 Å². The van der Waals surface area contributed by atoms with Crippen molar-refractivity contribution < 1.29 is 24.2 Å². The molecule has 0 bridgehead atoms. The Bertz CT molecular complexity index is 939. The van der Waals surface area contributed by atoms with Crippen LogP contribution in [0.25, 0.3) is 5.76 Å². The molecule has 1 aliphatic rings. The molecule has 2 heterocycles. The molecule has 1 N–H and O–H groups in total. The topological polar surface area (TPSA) is 89.0 Å². The summed E-state index contributed by atoms with van der Waals surface area (Å²) in [5.41, 5.74) is 1.94. The molecular weight excluding hydrogens is 372 g/mol. The Balaban J connectivity index is 2.12. The number of methoxy groups -OCH3 is 2. The van der Waals surface area contributed by atoms with Crippen LogP contribution in [-0.4, -0.2) is 54.1 Å². The van der Waals surface area contributed by atoms with Crippen LogP contribution < -0.4 is 4.74 Å². The molecule has 3 rings (SSSR count). The third-order valence-electron chi connectivity index (χ3n) is 4.98. The van der Waals surface area contributed by atoms with Crippen molar-refractivity contribution in [3.8, 4) is 5.75 Å². The smallest absolute Gasteiger partial charge is 0.295 e. The van der Waals surface area contributed by atoms with E-state index in [-0.39, 0.29) is 11.3 Å². The van der Waals surface area contributed by atoms with Gasteiger partial charge in [-0.1, -0.05) is 6.07 Å². The number of carbonyl (C=O) groups excluding carboxylic acids is 2. The van der Waals surface area contributed by atoms with E-state index in [0.29, 0.717) is 36.4 Å². The minimum absolute atomic E-state index is 0.0636. The van der Waals surface area contributed by atoms with Gasteiger partial charge in [0.2, 0.25) is 0 Å². The molecule has 7 nitrogen and oxygen atoms in total. The molecule has 0 saturated carbocycles. The quantitative estimate of drug-likeness (QED) is 0.335. The number of hydrogen-bond donors (Lipinski definition) is 1. The van der Waals surface area contributed by atoms with Crippen molar-refractivity contribution in [1.82, 2.24) is 9.88 Å². The number of ketones is 1. The summed E-state index contributed by atoms with van der Waals surface area (Å²) in [5.74, 6) is -0.902. The molecule has 1 fully saturated rings. The number of aromatic nitrogens is 1. The predicted octanol–water partition coefficient (Wildman–Crippen LogP) is 2.86. The molecular formula is C22H24N2O5. The van der Waals surface area contributed by atoms with E-state index in [2.05, 4.69) is 4.98 Å². The van der Waals surface area contributed by atoms with E-state index in [9.17, 15) is 14.7 Å². The highest BCUT2D eigenvalue weighted by Crippen LogP contribution is 2.39. The number of amides is 1. The van der Waals surface area contributed by atoms with Gasteiger partial charge in [0.15, 0.2) is 0 Å². The van der Waals surface area contributed by atoms with Crippen molar-refractivity contribution in [3.05, 3.63) is 65.0 Å². The zero-order chi connectivity index (χ0) is 21.0. The number of rotatable bonds is 7. The first-order valence-corrected chi connectivity index (χ1v) is 9.31. The van der Waals surface area contributed by atoms with Gasteiger partial charge in [-0.2, -0.15) is 0 Å². The molecule has 1 amide bonds. The van der Waals surface area contributed by atoms with Gasteiger partial charge in [0.05, 0.1) is 18.7 Å². The summed E-state index contributed by atoms with van der Waals surface area (Å²) in [6.45, 7) is 2.60. The van der Waals surface area contributed by atoms with Crippen molar-refractivity contribution in [3.63, 3.8) is 0 Å². The summed E-state index contributed by atoms with van der Waals surface area (Å²) >= 11 is 0. The van der Waals surface area contributed by atoms with Crippen molar-refractivity contribution in [2.75, 3.05) is 27.4 Å². The summed E-state index contributed by atoms with van der Waals surface area (Å²) in [5, 5.41) is 11.1. The average molecular weight is 396 g/mol. The van der Waals surface area contributed by atoms with Crippen molar-refractivity contribution in [2.45, 2.75) is 19.4 Å². The van der Waals surface area contributed by atoms with Gasteiger partial charge >= 0.3 is 0 Å². The van der Waals surface area contributed by atoms with Gasteiger partial charge in [0, 0.05) is 38.2 Å². The minimum Gasteiger partial charge on any atom is -0.507 e. The van der Waals surface area contributed by atoms with Gasteiger partial charge in [-0.15, -0.1) is 0 Å². The number of nitrogens with zero attached hydrogens (tertiary/aromatic N) is 2. The lowest BCUT2D eigenvalue weighted by molar-refractivity contribution is -0.140. The molecule has 2 aromatic rings. The fourth-order valence-corrected chi connectivity index (χ4v) is 3.55. The molecule has 1 aliphatic heterocycles. The number of carbonyl (C=O) groups is 2. The third kappa shape index (κ3) is 4.00. The standard InChI is InChI=1S/C22H24N2O5/c1-14-12-16(29-3)7-8-17(14)20(25)18-19(15-6-4-9-23-13-15)24(10-5-11-28-2)22(27)21(18)26/h4,6-9,12-13,19,25H,5,10-11H2,1-3H3/t19-/m0/s1. The first-order valence-electron chi connectivity index (χ1n) is 9.31. The molecule has 0 aliphatic carbocycles. The molecule has 0 spiro atoms. The number of aliphatic hydroxyl groups excluding tert-OH is 1. The van der Waals surface area contributed by atoms with Crippen LogP contribution in [0, 0.1) is 6.92 Å². The van der Waals surface area contributed by atoms with Crippen LogP contribution in [-0.2, 0) is 14.3 Å². The fraction of sp³-hybridized carbons (Fsp3) is 0.318. The molecule has 0 radical (unpaired) electrons. The normalized spacial score (nSPS) is 18.3. The number of aryl methyl sites for hydroxylation is 1. The Kier molecular flexibility index (Phi) is 6.29. The summed E-state index contributed by atoms with van der Waals surface area (Å²) in [4.78, 5) is 31.3. The molecule has 29 heavy (non-hydrogen) atoms. The number of likely N-dealkylation sites (tertiary alicyclic amines) is 1. The van der Waals surface area contributed by atoms with Gasteiger partial charge in [-0.05, 0) is 48.7 Å². The van der Waals surface area contributed by atoms with Crippen LogP contribution in [0.2, 0.25) is 0 Å². The molecule has 1 atom stereocenters. The van der Waals surface area contributed by atoms with Crippen LogP contribution in [0.3, 0.4) is 0 Å². The molecule has 1 aromatic carbocycles. The molecule has 1 aromatic heterocycles. The Hall–Kier alpha value is -3.19. The maximum atomic E-state index is 12.9. The Labute approximate surface area is 169 Å². The van der Waals surface area contributed by atoms with Crippen LogP contribution >= 0.6 is 0 Å². The van der Waals surface area contributed by atoms with Gasteiger partial charge < -0.3 is 19.5 Å². The number of pyridine rings is 1. The lowest BCUT2D eigenvalue weighted by Crippen LogP contribution is -2.31. The van der Waals surface area contributed by atoms with Gasteiger partial charge in [-0.3, -0.25) is 14.6 Å². The zero-order valence-electron chi connectivity index (χ0n) is 16.7. The number of Topliss-reactive ketones (excluding diaryl/α,β-unsaturated/α-hetero) is 1. The van der Waals surface area contributed by atoms with E-state index < -0.39 is 17.7 Å². The second-order valence-corrected chi connectivity index (χ2v) is 6.81. The molecule has 7 heteroatoms. The first kappa shape index (κ1) is 20.5. The SMILES string of the molecule is COCCCN1C(=O)C(=O)C(=C(O)c2ccc(OC)cc2C)[C@@H]1c1cccnc1. The molecule has 1 saturated heterocycles. The Morgan fingerprint density at radius 2 is 2.03 bits per heavy atom. The predicted molar refractivity (Wildman–Crippen MR) is 107 cm³/mol. The highest BCUT2D eigenvalue weighted by Gasteiger charge is 2.46. The monoisotopic (exact) mass is 396 g/mol.